The first-order valence-corrected chi connectivity index (χ1v) is 9.84. The summed E-state index contributed by atoms with van der Waals surface area (Å²) in [6.07, 6.45) is 2.04. The largest absolute Gasteiger partial charge is 0.339 e. The molecule has 0 aromatic heterocycles. The van der Waals surface area contributed by atoms with Gasteiger partial charge < -0.3 is 4.90 Å². The molecule has 1 fully saturated rings. The van der Waals surface area contributed by atoms with Gasteiger partial charge in [0.15, 0.2) is 0 Å². The van der Waals surface area contributed by atoms with E-state index in [1.807, 2.05) is 13.8 Å². The summed E-state index contributed by atoms with van der Waals surface area (Å²) < 4.78 is 27.8. The zero-order valence-corrected chi connectivity index (χ0v) is 15.3. The molecule has 2 aromatic rings. The minimum Gasteiger partial charge on any atom is -0.339 e. The van der Waals surface area contributed by atoms with Crippen molar-refractivity contribution in [3.05, 3.63) is 59.2 Å². The van der Waals surface area contributed by atoms with Gasteiger partial charge in [-0.1, -0.05) is 12.1 Å². The number of sulfonamides is 1. The zero-order chi connectivity index (χ0) is 18.0. The van der Waals surface area contributed by atoms with Crippen molar-refractivity contribution in [3.8, 4) is 0 Å². The molecule has 0 aliphatic carbocycles. The predicted octanol–water partition coefficient (Wildman–Crippen LogP) is 3.34. The van der Waals surface area contributed by atoms with Gasteiger partial charge in [-0.15, -0.1) is 0 Å². The van der Waals surface area contributed by atoms with Crippen molar-refractivity contribution in [2.45, 2.75) is 31.6 Å². The zero-order valence-electron chi connectivity index (χ0n) is 14.5. The first-order chi connectivity index (χ1) is 11.9. The number of benzene rings is 2. The summed E-state index contributed by atoms with van der Waals surface area (Å²) in [4.78, 5) is 14.5. The Balaban J connectivity index is 1.83. The Morgan fingerprint density at radius 3 is 2.40 bits per heavy atom. The maximum absolute atomic E-state index is 12.6. The monoisotopic (exact) mass is 358 g/mol. The molecule has 3 rings (SSSR count). The minimum absolute atomic E-state index is 0.0512. The molecule has 1 aliphatic rings. The molecule has 1 saturated heterocycles. The van der Waals surface area contributed by atoms with Crippen LogP contribution >= 0.6 is 0 Å². The van der Waals surface area contributed by atoms with Crippen molar-refractivity contribution in [2.75, 3.05) is 17.8 Å². The highest BCUT2D eigenvalue weighted by atomic mass is 32.2. The number of hydrogen-bond acceptors (Lipinski definition) is 3. The highest BCUT2D eigenvalue weighted by Gasteiger charge is 2.20. The summed E-state index contributed by atoms with van der Waals surface area (Å²) in [6, 6.07) is 11.7. The van der Waals surface area contributed by atoms with Gasteiger partial charge in [0, 0.05) is 24.3 Å². The number of nitrogens with one attached hydrogen (secondary N) is 1. The molecule has 1 heterocycles. The van der Waals surface area contributed by atoms with Crippen LogP contribution in [0.5, 0.6) is 0 Å². The third kappa shape index (κ3) is 3.85. The summed E-state index contributed by atoms with van der Waals surface area (Å²) in [6.45, 7) is 5.34. The number of carbonyl (C=O) groups excluding carboxylic acids is 1. The van der Waals surface area contributed by atoms with Gasteiger partial charge in [-0.2, -0.15) is 0 Å². The van der Waals surface area contributed by atoms with Crippen LogP contribution in [-0.4, -0.2) is 32.3 Å². The van der Waals surface area contributed by atoms with Crippen molar-refractivity contribution < 1.29 is 13.2 Å². The third-order valence-electron chi connectivity index (χ3n) is 4.54. The van der Waals surface area contributed by atoms with Crippen LogP contribution < -0.4 is 4.72 Å². The summed E-state index contributed by atoms with van der Waals surface area (Å²) in [5.74, 6) is -0.0512. The second kappa shape index (κ2) is 6.88. The fraction of sp³-hybridized carbons (Fsp3) is 0.316. The maximum atomic E-state index is 12.6. The number of likely N-dealkylation sites (tertiary alicyclic amines) is 1. The van der Waals surface area contributed by atoms with Gasteiger partial charge in [-0.25, -0.2) is 8.42 Å². The van der Waals surface area contributed by atoms with Crippen LogP contribution in [0.1, 0.15) is 34.3 Å². The van der Waals surface area contributed by atoms with Crippen LogP contribution in [0.3, 0.4) is 0 Å². The number of anilines is 1. The smallest absolute Gasteiger partial charge is 0.261 e. The average Bonchev–Trinajstić information content (AvgIpc) is 3.11. The lowest BCUT2D eigenvalue weighted by Gasteiger charge is -2.16. The Kier molecular flexibility index (Phi) is 4.81. The molecule has 0 bridgehead atoms. The minimum atomic E-state index is -3.69. The van der Waals surface area contributed by atoms with E-state index in [0.29, 0.717) is 11.3 Å². The molecular formula is C19H22N2O3S. The third-order valence-corrected chi connectivity index (χ3v) is 5.92. The summed E-state index contributed by atoms with van der Waals surface area (Å²) >= 11 is 0. The molecule has 132 valence electrons. The number of hydrogen-bond donors (Lipinski definition) is 1. The van der Waals surface area contributed by atoms with Crippen molar-refractivity contribution in [1.82, 2.24) is 4.90 Å². The van der Waals surface area contributed by atoms with Crippen molar-refractivity contribution in [3.63, 3.8) is 0 Å². The Morgan fingerprint density at radius 2 is 1.72 bits per heavy atom. The van der Waals surface area contributed by atoms with E-state index in [1.54, 1.807) is 47.4 Å². The standard InChI is InChI=1S/C19H22N2O3S/c1-14-8-9-18(12-15(14)2)25(23,24)20-17-7-5-6-16(13-17)19(22)21-10-3-4-11-21/h5-9,12-13,20H,3-4,10-11H2,1-2H3. The van der Waals surface area contributed by atoms with E-state index in [-0.39, 0.29) is 10.8 Å². The Bertz CT molecular complexity index is 901. The van der Waals surface area contributed by atoms with E-state index in [1.165, 1.54) is 0 Å². The molecule has 1 aliphatic heterocycles. The molecule has 2 aromatic carbocycles. The van der Waals surface area contributed by atoms with Crippen molar-refractivity contribution >= 4 is 21.6 Å². The fourth-order valence-corrected chi connectivity index (χ4v) is 4.05. The van der Waals surface area contributed by atoms with Crippen LogP contribution in [0.15, 0.2) is 47.4 Å². The topological polar surface area (TPSA) is 66.5 Å². The van der Waals surface area contributed by atoms with E-state index in [9.17, 15) is 13.2 Å². The van der Waals surface area contributed by atoms with Crippen molar-refractivity contribution in [1.29, 1.82) is 0 Å². The first kappa shape index (κ1) is 17.5. The van der Waals surface area contributed by atoms with E-state index < -0.39 is 10.0 Å². The number of carbonyl (C=O) groups is 1. The van der Waals surface area contributed by atoms with Crippen LogP contribution in [-0.2, 0) is 10.0 Å². The van der Waals surface area contributed by atoms with Crippen LogP contribution in [0.2, 0.25) is 0 Å². The van der Waals surface area contributed by atoms with E-state index in [2.05, 4.69) is 4.72 Å². The highest BCUT2D eigenvalue weighted by Crippen LogP contribution is 2.21. The van der Waals surface area contributed by atoms with Gasteiger partial charge in [0.2, 0.25) is 0 Å². The normalized spacial score (nSPS) is 14.6. The van der Waals surface area contributed by atoms with Gasteiger partial charge >= 0.3 is 0 Å². The van der Waals surface area contributed by atoms with Crippen LogP contribution in [0, 0.1) is 13.8 Å². The SMILES string of the molecule is Cc1ccc(S(=O)(=O)Nc2cccc(C(=O)N3CCCC3)c2)cc1C. The lowest BCUT2D eigenvalue weighted by Crippen LogP contribution is -2.27. The second-order valence-corrected chi connectivity index (χ2v) is 8.11. The maximum Gasteiger partial charge on any atom is 0.261 e. The lowest BCUT2D eigenvalue weighted by atomic mass is 10.1. The number of aryl methyl sites for hydroxylation is 2. The molecule has 0 spiro atoms. The molecule has 1 N–H and O–H groups in total. The summed E-state index contributed by atoms with van der Waals surface area (Å²) in [5, 5.41) is 0. The lowest BCUT2D eigenvalue weighted by molar-refractivity contribution is 0.0793. The molecule has 0 unspecified atom stereocenters. The van der Waals surface area contributed by atoms with E-state index >= 15 is 0 Å². The molecular weight excluding hydrogens is 336 g/mol. The van der Waals surface area contributed by atoms with E-state index in [0.717, 1.165) is 37.1 Å². The molecule has 0 radical (unpaired) electrons. The Morgan fingerprint density at radius 1 is 1.00 bits per heavy atom. The number of nitrogens with zero attached hydrogens (tertiary/aromatic N) is 1. The fourth-order valence-electron chi connectivity index (χ4n) is 2.91. The summed E-state index contributed by atoms with van der Waals surface area (Å²) in [5.41, 5.74) is 2.85. The van der Waals surface area contributed by atoms with E-state index in [4.69, 9.17) is 0 Å². The molecule has 0 saturated carbocycles. The van der Waals surface area contributed by atoms with Crippen LogP contribution in [0.25, 0.3) is 0 Å². The average molecular weight is 358 g/mol. The van der Waals surface area contributed by atoms with Gasteiger partial charge in [0.25, 0.3) is 15.9 Å². The molecule has 6 heteroatoms. The van der Waals surface area contributed by atoms with Gasteiger partial charge in [0.1, 0.15) is 0 Å². The first-order valence-electron chi connectivity index (χ1n) is 8.36. The Hall–Kier alpha value is -2.34. The van der Waals surface area contributed by atoms with Gasteiger partial charge in [-0.05, 0) is 68.1 Å². The summed E-state index contributed by atoms with van der Waals surface area (Å²) in [7, 11) is -3.69. The predicted molar refractivity (Wildman–Crippen MR) is 98.3 cm³/mol. The highest BCUT2D eigenvalue weighted by molar-refractivity contribution is 7.92. The van der Waals surface area contributed by atoms with Gasteiger partial charge in [0.05, 0.1) is 4.90 Å². The second-order valence-electron chi connectivity index (χ2n) is 6.43. The molecule has 1 amide bonds. The van der Waals surface area contributed by atoms with Crippen LogP contribution in [0.4, 0.5) is 5.69 Å². The molecule has 5 nitrogen and oxygen atoms in total. The number of rotatable bonds is 4. The number of amides is 1. The van der Waals surface area contributed by atoms with Gasteiger partial charge in [-0.3, -0.25) is 9.52 Å². The molecule has 25 heavy (non-hydrogen) atoms. The van der Waals surface area contributed by atoms with Crippen molar-refractivity contribution in [2.24, 2.45) is 0 Å². The quantitative estimate of drug-likeness (QED) is 0.911. The molecule has 0 atom stereocenters. The Labute approximate surface area is 148 Å².